The SMILES string of the molecule is CCOCCCNC(=NC)NCC(C)Oc1cccc(F)c1. The fourth-order valence-corrected chi connectivity index (χ4v) is 1.80. The van der Waals surface area contributed by atoms with Gasteiger partial charge in [0.25, 0.3) is 0 Å². The Morgan fingerprint density at radius 3 is 2.86 bits per heavy atom. The Kier molecular flexibility index (Phi) is 8.98. The fraction of sp³-hybridized carbons (Fsp3) is 0.562. The summed E-state index contributed by atoms with van der Waals surface area (Å²) in [7, 11) is 1.72. The standard InChI is InChI=1S/C16H26FN3O2/c1-4-21-10-6-9-19-16(18-3)20-12-13(2)22-15-8-5-7-14(17)11-15/h5,7-8,11,13H,4,6,9-10,12H2,1-3H3,(H2,18,19,20). The zero-order valence-electron chi connectivity index (χ0n) is 13.6. The Morgan fingerprint density at radius 1 is 1.36 bits per heavy atom. The summed E-state index contributed by atoms with van der Waals surface area (Å²) in [4.78, 5) is 4.14. The zero-order valence-corrected chi connectivity index (χ0v) is 13.6. The minimum Gasteiger partial charge on any atom is -0.489 e. The number of ether oxygens (including phenoxy) is 2. The van der Waals surface area contributed by atoms with Crippen LogP contribution in [0.1, 0.15) is 20.3 Å². The van der Waals surface area contributed by atoms with Crippen molar-refractivity contribution in [2.75, 3.05) is 33.4 Å². The summed E-state index contributed by atoms with van der Waals surface area (Å²) in [5.74, 6) is 0.935. The van der Waals surface area contributed by atoms with Gasteiger partial charge in [-0.05, 0) is 32.4 Å². The van der Waals surface area contributed by atoms with Gasteiger partial charge in [-0.3, -0.25) is 4.99 Å². The average Bonchev–Trinajstić information content (AvgIpc) is 2.50. The van der Waals surface area contributed by atoms with Crippen molar-refractivity contribution in [3.63, 3.8) is 0 Å². The molecule has 0 fully saturated rings. The molecule has 0 bridgehead atoms. The van der Waals surface area contributed by atoms with Crippen molar-refractivity contribution in [3.8, 4) is 5.75 Å². The van der Waals surface area contributed by atoms with Crippen LogP contribution in [0.4, 0.5) is 4.39 Å². The molecule has 0 aliphatic carbocycles. The number of halogens is 1. The molecule has 0 saturated heterocycles. The van der Waals surface area contributed by atoms with E-state index in [0.717, 1.165) is 26.2 Å². The molecule has 1 aromatic rings. The molecule has 124 valence electrons. The normalized spacial score (nSPS) is 12.8. The zero-order chi connectivity index (χ0) is 16.2. The summed E-state index contributed by atoms with van der Waals surface area (Å²) in [6.07, 6.45) is 0.813. The Bertz CT molecular complexity index is 455. The second kappa shape index (κ2) is 10.8. The third kappa shape index (κ3) is 7.83. The van der Waals surface area contributed by atoms with Gasteiger partial charge in [0, 0.05) is 32.9 Å². The van der Waals surface area contributed by atoms with E-state index in [1.54, 1.807) is 19.2 Å². The smallest absolute Gasteiger partial charge is 0.191 e. The van der Waals surface area contributed by atoms with Crippen LogP contribution < -0.4 is 15.4 Å². The van der Waals surface area contributed by atoms with Crippen molar-refractivity contribution >= 4 is 5.96 Å². The van der Waals surface area contributed by atoms with E-state index >= 15 is 0 Å². The number of nitrogens with zero attached hydrogens (tertiary/aromatic N) is 1. The minimum atomic E-state index is -0.301. The molecule has 2 N–H and O–H groups in total. The van der Waals surface area contributed by atoms with E-state index in [1.165, 1.54) is 12.1 Å². The number of benzene rings is 1. The largest absolute Gasteiger partial charge is 0.489 e. The molecule has 0 aromatic heterocycles. The molecule has 0 saturated carbocycles. The maximum absolute atomic E-state index is 13.1. The van der Waals surface area contributed by atoms with Crippen molar-refractivity contribution in [1.82, 2.24) is 10.6 Å². The van der Waals surface area contributed by atoms with Crippen molar-refractivity contribution in [3.05, 3.63) is 30.1 Å². The molecular weight excluding hydrogens is 285 g/mol. The van der Waals surface area contributed by atoms with Crippen molar-refractivity contribution in [2.24, 2.45) is 4.99 Å². The molecule has 0 spiro atoms. The molecule has 1 unspecified atom stereocenters. The quantitative estimate of drug-likeness (QED) is 0.417. The minimum absolute atomic E-state index is 0.108. The topological polar surface area (TPSA) is 54.9 Å². The summed E-state index contributed by atoms with van der Waals surface area (Å²) in [6, 6.07) is 6.13. The Balaban J connectivity index is 2.24. The van der Waals surface area contributed by atoms with E-state index < -0.39 is 0 Å². The Labute approximate surface area is 131 Å². The summed E-state index contributed by atoms with van der Waals surface area (Å²) in [5, 5.41) is 6.37. The third-order valence-electron chi connectivity index (χ3n) is 2.88. The predicted octanol–water partition coefficient (Wildman–Crippen LogP) is 2.18. The van der Waals surface area contributed by atoms with Crippen LogP contribution in [0.2, 0.25) is 0 Å². The highest BCUT2D eigenvalue weighted by Crippen LogP contribution is 2.13. The highest BCUT2D eigenvalue weighted by Gasteiger charge is 2.06. The molecule has 0 heterocycles. The summed E-state index contributed by atoms with van der Waals surface area (Å²) in [5.41, 5.74) is 0. The molecule has 0 aliphatic heterocycles. The molecule has 6 heteroatoms. The third-order valence-corrected chi connectivity index (χ3v) is 2.88. The number of aliphatic imine (C=N–C) groups is 1. The van der Waals surface area contributed by atoms with Crippen molar-refractivity contribution < 1.29 is 13.9 Å². The maximum Gasteiger partial charge on any atom is 0.191 e. The monoisotopic (exact) mass is 311 g/mol. The van der Waals surface area contributed by atoms with Crippen LogP contribution in [-0.2, 0) is 4.74 Å². The number of hydrogen-bond acceptors (Lipinski definition) is 3. The van der Waals surface area contributed by atoms with E-state index in [9.17, 15) is 4.39 Å². The first-order valence-electron chi connectivity index (χ1n) is 7.60. The number of nitrogens with one attached hydrogen (secondary N) is 2. The van der Waals surface area contributed by atoms with Gasteiger partial charge in [-0.25, -0.2) is 4.39 Å². The Morgan fingerprint density at radius 2 is 2.18 bits per heavy atom. The molecular formula is C16H26FN3O2. The van der Waals surface area contributed by atoms with E-state index in [0.29, 0.717) is 18.3 Å². The molecule has 1 aromatic carbocycles. The second-order valence-electron chi connectivity index (χ2n) is 4.82. The van der Waals surface area contributed by atoms with Gasteiger partial charge in [0.1, 0.15) is 17.7 Å². The first-order valence-corrected chi connectivity index (χ1v) is 7.60. The van der Waals surface area contributed by atoms with E-state index in [-0.39, 0.29) is 11.9 Å². The molecule has 1 rings (SSSR count). The molecule has 0 aliphatic rings. The second-order valence-corrected chi connectivity index (χ2v) is 4.82. The molecule has 22 heavy (non-hydrogen) atoms. The van der Waals surface area contributed by atoms with E-state index in [1.807, 2.05) is 13.8 Å². The van der Waals surface area contributed by atoms with E-state index in [4.69, 9.17) is 9.47 Å². The molecule has 5 nitrogen and oxygen atoms in total. The summed E-state index contributed by atoms with van der Waals surface area (Å²) >= 11 is 0. The van der Waals surface area contributed by atoms with Crippen LogP contribution in [0.25, 0.3) is 0 Å². The van der Waals surface area contributed by atoms with Crippen LogP contribution >= 0.6 is 0 Å². The van der Waals surface area contributed by atoms with E-state index in [2.05, 4.69) is 15.6 Å². The van der Waals surface area contributed by atoms with Gasteiger partial charge in [0.15, 0.2) is 5.96 Å². The van der Waals surface area contributed by atoms with Crippen LogP contribution in [-0.4, -0.2) is 45.4 Å². The first kappa shape index (κ1) is 18.2. The number of hydrogen-bond donors (Lipinski definition) is 2. The summed E-state index contributed by atoms with van der Waals surface area (Å²) in [6.45, 7) is 6.73. The van der Waals surface area contributed by atoms with Gasteiger partial charge >= 0.3 is 0 Å². The number of rotatable bonds is 9. The van der Waals surface area contributed by atoms with Crippen molar-refractivity contribution in [2.45, 2.75) is 26.4 Å². The number of guanidine groups is 1. The average molecular weight is 311 g/mol. The van der Waals surface area contributed by atoms with Crippen LogP contribution in [0.15, 0.2) is 29.3 Å². The van der Waals surface area contributed by atoms with Gasteiger partial charge in [-0.1, -0.05) is 6.07 Å². The first-order chi connectivity index (χ1) is 10.7. The van der Waals surface area contributed by atoms with Gasteiger partial charge in [0.05, 0.1) is 6.54 Å². The highest BCUT2D eigenvalue weighted by molar-refractivity contribution is 5.79. The lowest BCUT2D eigenvalue weighted by atomic mass is 10.3. The fourth-order valence-electron chi connectivity index (χ4n) is 1.80. The van der Waals surface area contributed by atoms with Gasteiger partial charge in [0.2, 0.25) is 0 Å². The maximum atomic E-state index is 13.1. The van der Waals surface area contributed by atoms with Crippen LogP contribution in [0.5, 0.6) is 5.75 Å². The molecule has 0 radical (unpaired) electrons. The van der Waals surface area contributed by atoms with Gasteiger partial charge in [-0.15, -0.1) is 0 Å². The van der Waals surface area contributed by atoms with Crippen LogP contribution in [0, 0.1) is 5.82 Å². The summed E-state index contributed by atoms with van der Waals surface area (Å²) < 4.78 is 24.0. The van der Waals surface area contributed by atoms with Gasteiger partial charge in [-0.2, -0.15) is 0 Å². The van der Waals surface area contributed by atoms with Gasteiger partial charge < -0.3 is 20.1 Å². The lowest BCUT2D eigenvalue weighted by molar-refractivity contribution is 0.145. The Hall–Kier alpha value is -1.82. The lowest BCUT2D eigenvalue weighted by Crippen LogP contribution is -2.42. The van der Waals surface area contributed by atoms with Crippen molar-refractivity contribution in [1.29, 1.82) is 0 Å². The lowest BCUT2D eigenvalue weighted by Gasteiger charge is -2.17. The predicted molar refractivity (Wildman–Crippen MR) is 87.0 cm³/mol. The van der Waals surface area contributed by atoms with Crippen LogP contribution in [0.3, 0.4) is 0 Å². The highest BCUT2D eigenvalue weighted by atomic mass is 19.1. The molecule has 1 atom stereocenters. The molecule has 0 amide bonds.